The topological polar surface area (TPSA) is 58.4 Å². The van der Waals surface area contributed by atoms with E-state index in [2.05, 4.69) is 5.43 Å². The summed E-state index contributed by atoms with van der Waals surface area (Å²) in [4.78, 5) is 14.2. The van der Waals surface area contributed by atoms with Crippen LogP contribution in [0.3, 0.4) is 0 Å². The SMILES string of the molecule is Cc1cc(NN)ccc1C(=O)N1CCSCC1. The summed E-state index contributed by atoms with van der Waals surface area (Å²) < 4.78 is 0. The number of hydrazine groups is 1. The summed E-state index contributed by atoms with van der Waals surface area (Å²) in [6.45, 7) is 3.63. The molecule has 1 aromatic carbocycles. The van der Waals surface area contributed by atoms with Gasteiger partial charge >= 0.3 is 0 Å². The molecule has 1 aliphatic rings. The molecule has 92 valence electrons. The maximum atomic E-state index is 12.3. The number of carbonyl (C=O) groups is 1. The number of thioether (sulfide) groups is 1. The Morgan fingerprint density at radius 3 is 2.71 bits per heavy atom. The number of hydrogen-bond donors (Lipinski definition) is 2. The van der Waals surface area contributed by atoms with Crippen LogP contribution in [0, 0.1) is 6.92 Å². The minimum absolute atomic E-state index is 0.131. The van der Waals surface area contributed by atoms with E-state index in [4.69, 9.17) is 5.84 Å². The second-order valence-corrected chi connectivity index (χ2v) is 5.30. The van der Waals surface area contributed by atoms with Crippen molar-refractivity contribution in [2.75, 3.05) is 30.0 Å². The second kappa shape index (κ2) is 5.42. The first-order valence-corrected chi connectivity index (χ1v) is 6.82. The molecule has 17 heavy (non-hydrogen) atoms. The number of amides is 1. The summed E-state index contributed by atoms with van der Waals surface area (Å²) in [7, 11) is 0. The molecule has 0 radical (unpaired) electrons. The van der Waals surface area contributed by atoms with Crippen molar-refractivity contribution >= 4 is 23.4 Å². The number of hydrogen-bond acceptors (Lipinski definition) is 4. The normalized spacial score (nSPS) is 15.8. The van der Waals surface area contributed by atoms with Crippen LogP contribution in [0.25, 0.3) is 0 Å². The molecule has 1 amide bonds. The summed E-state index contributed by atoms with van der Waals surface area (Å²) >= 11 is 1.90. The lowest BCUT2D eigenvalue weighted by molar-refractivity contribution is 0.0771. The molecular formula is C12H17N3OS. The summed E-state index contributed by atoms with van der Waals surface area (Å²) in [6.07, 6.45) is 0. The van der Waals surface area contributed by atoms with Gasteiger partial charge in [-0.1, -0.05) is 0 Å². The Bertz CT molecular complexity index is 416. The highest BCUT2D eigenvalue weighted by Gasteiger charge is 2.19. The number of anilines is 1. The van der Waals surface area contributed by atoms with Gasteiger partial charge in [0.05, 0.1) is 0 Å². The van der Waals surface area contributed by atoms with Crippen molar-refractivity contribution in [3.05, 3.63) is 29.3 Å². The molecule has 1 fully saturated rings. The van der Waals surface area contributed by atoms with Crippen molar-refractivity contribution < 1.29 is 4.79 Å². The number of nitrogen functional groups attached to an aromatic ring is 1. The minimum Gasteiger partial charge on any atom is -0.337 e. The third kappa shape index (κ3) is 2.73. The molecule has 5 heteroatoms. The van der Waals surface area contributed by atoms with E-state index in [-0.39, 0.29) is 5.91 Å². The zero-order valence-corrected chi connectivity index (χ0v) is 10.7. The number of carbonyl (C=O) groups excluding carboxylic acids is 1. The van der Waals surface area contributed by atoms with Gasteiger partial charge < -0.3 is 10.3 Å². The van der Waals surface area contributed by atoms with Crippen LogP contribution in [0.2, 0.25) is 0 Å². The van der Waals surface area contributed by atoms with E-state index < -0.39 is 0 Å². The Labute approximate surface area is 106 Å². The van der Waals surface area contributed by atoms with E-state index in [1.807, 2.05) is 41.8 Å². The Kier molecular flexibility index (Phi) is 3.91. The lowest BCUT2D eigenvalue weighted by Gasteiger charge is -2.27. The molecule has 0 atom stereocenters. The third-order valence-electron chi connectivity index (χ3n) is 2.92. The fourth-order valence-electron chi connectivity index (χ4n) is 1.93. The zero-order chi connectivity index (χ0) is 12.3. The molecule has 1 aromatic rings. The maximum Gasteiger partial charge on any atom is 0.254 e. The van der Waals surface area contributed by atoms with E-state index in [0.29, 0.717) is 0 Å². The highest BCUT2D eigenvalue weighted by Crippen LogP contribution is 2.18. The quantitative estimate of drug-likeness (QED) is 0.617. The summed E-state index contributed by atoms with van der Waals surface area (Å²) in [5.74, 6) is 7.54. The van der Waals surface area contributed by atoms with Gasteiger partial charge in [0.25, 0.3) is 5.91 Å². The number of aryl methyl sites for hydroxylation is 1. The van der Waals surface area contributed by atoms with Gasteiger partial charge in [0, 0.05) is 35.8 Å². The van der Waals surface area contributed by atoms with Crippen LogP contribution in [0.15, 0.2) is 18.2 Å². The van der Waals surface area contributed by atoms with Crippen molar-refractivity contribution in [2.24, 2.45) is 5.84 Å². The molecule has 1 saturated heterocycles. The molecule has 4 nitrogen and oxygen atoms in total. The molecule has 1 heterocycles. The lowest BCUT2D eigenvalue weighted by Crippen LogP contribution is -2.38. The van der Waals surface area contributed by atoms with Crippen molar-refractivity contribution in [2.45, 2.75) is 6.92 Å². The molecule has 0 bridgehead atoms. The van der Waals surface area contributed by atoms with E-state index >= 15 is 0 Å². The Morgan fingerprint density at radius 2 is 2.12 bits per heavy atom. The molecular weight excluding hydrogens is 234 g/mol. The average Bonchev–Trinajstić information content (AvgIpc) is 2.39. The van der Waals surface area contributed by atoms with Gasteiger partial charge in [-0.25, -0.2) is 0 Å². The highest BCUT2D eigenvalue weighted by atomic mass is 32.2. The molecule has 0 aliphatic carbocycles. The summed E-state index contributed by atoms with van der Waals surface area (Å²) in [6, 6.07) is 5.57. The van der Waals surface area contributed by atoms with Crippen molar-refractivity contribution in [1.29, 1.82) is 0 Å². The van der Waals surface area contributed by atoms with Gasteiger partial charge in [-0.15, -0.1) is 0 Å². The van der Waals surface area contributed by atoms with Crippen LogP contribution in [0.5, 0.6) is 0 Å². The summed E-state index contributed by atoms with van der Waals surface area (Å²) in [5, 5.41) is 0. The first kappa shape index (κ1) is 12.3. The minimum atomic E-state index is 0.131. The molecule has 0 saturated carbocycles. The largest absolute Gasteiger partial charge is 0.337 e. The standard InChI is InChI=1S/C12H17N3OS/c1-9-8-10(14-13)2-3-11(9)12(16)15-4-6-17-7-5-15/h2-3,8,14H,4-7,13H2,1H3. The zero-order valence-electron chi connectivity index (χ0n) is 9.90. The Hall–Kier alpha value is -1.20. The Morgan fingerprint density at radius 1 is 1.41 bits per heavy atom. The van der Waals surface area contributed by atoms with E-state index in [1.54, 1.807) is 0 Å². The lowest BCUT2D eigenvalue weighted by atomic mass is 10.1. The van der Waals surface area contributed by atoms with Gasteiger partial charge in [-0.2, -0.15) is 11.8 Å². The van der Waals surface area contributed by atoms with Crippen LogP contribution in [0.4, 0.5) is 5.69 Å². The van der Waals surface area contributed by atoms with Crippen LogP contribution in [-0.2, 0) is 0 Å². The predicted molar refractivity (Wildman–Crippen MR) is 72.2 cm³/mol. The molecule has 0 unspecified atom stereocenters. The van der Waals surface area contributed by atoms with Gasteiger partial charge in [-0.05, 0) is 30.7 Å². The van der Waals surface area contributed by atoms with Gasteiger partial charge in [-0.3, -0.25) is 10.6 Å². The molecule has 1 aliphatic heterocycles. The van der Waals surface area contributed by atoms with Gasteiger partial charge in [0.15, 0.2) is 0 Å². The van der Waals surface area contributed by atoms with Gasteiger partial charge in [0.1, 0.15) is 0 Å². The maximum absolute atomic E-state index is 12.3. The third-order valence-corrected chi connectivity index (χ3v) is 3.86. The van der Waals surface area contributed by atoms with Crippen molar-refractivity contribution in [1.82, 2.24) is 4.90 Å². The second-order valence-electron chi connectivity index (χ2n) is 4.08. The molecule has 3 N–H and O–H groups in total. The molecule has 0 aromatic heterocycles. The predicted octanol–water partition coefficient (Wildman–Crippen LogP) is 1.47. The fourth-order valence-corrected chi connectivity index (χ4v) is 2.83. The van der Waals surface area contributed by atoms with Crippen LogP contribution < -0.4 is 11.3 Å². The van der Waals surface area contributed by atoms with E-state index in [1.165, 1.54) is 0 Å². The number of nitrogens with two attached hydrogens (primary N) is 1. The summed E-state index contributed by atoms with van der Waals surface area (Å²) in [5.41, 5.74) is 5.15. The monoisotopic (exact) mass is 251 g/mol. The smallest absolute Gasteiger partial charge is 0.254 e. The van der Waals surface area contributed by atoms with E-state index in [0.717, 1.165) is 41.4 Å². The number of benzene rings is 1. The fraction of sp³-hybridized carbons (Fsp3) is 0.417. The van der Waals surface area contributed by atoms with E-state index in [9.17, 15) is 4.79 Å². The van der Waals surface area contributed by atoms with Crippen LogP contribution in [0.1, 0.15) is 15.9 Å². The molecule has 0 spiro atoms. The average molecular weight is 251 g/mol. The number of rotatable bonds is 2. The number of nitrogens with zero attached hydrogens (tertiary/aromatic N) is 1. The highest BCUT2D eigenvalue weighted by molar-refractivity contribution is 7.99. The van der Waals surface area contributed by atoms with Crippen molar-refractivity contribution in [3.8, 4) is 0 Å². The van der Waals surface area contributed by atoms with Crippen molar-refractivity contribution in [3.63, 3.8) is 0 Å². The first-order valence-electron chi connectivity index (χ1n) is 5.66. The first-order chi connectivity index (χ1) is 8.22. The molecule has 2 rings (SSSR count). The van der Waals surface area contributed by atoms with Crippen LogP contribution >= 0.6 is 11.8 Å². The number of nitrogens with one attached hydrogen (secondary N) is 1. The van der Waals surface area contributed by atoms with Crippen LogP contribution in [-0.4, -0.2) is 35.4 Å². The Balaban J connectivity index is 2.18. The van der Waals surface area contributed by atoms with Gasteiger partial charge in [0.2, 0.25) is 0 Å².